The standard InChI is InChI=1S/C30H39FN4O2/c31-27-13-7-5-11-25(27)29(36)32-23-15-17-34(18-16-23)28-14-8-6-12-26(28)30(37)35-21-19-33(20-22-35)24-9-3-1-2-4-10-24/h5-8,11-14,23-24H,1-4,9-10,15-22H2,(H,32,36). The number of piperidine rings is 1. The van der Waals surface area contributed by atoms with Gasteiger partial charge in [-0.15, -0.1) is 0 Å². The van der Waals surface area contributed by atoms with Crippen LogP contribution < -0.4 is 10.2 Å². The number of piperazine rings is 1. The molecular formula is C30H39FN4O2. The van der Waals surface area contributed by atoms with Gasteiger partial charge >= 0.3 is 0 Å². The molecule has 2 aromatic carbocycles. The number of benzene rings is 2. The second kappa shape index (κ2) is 12.1. The first kappa shape index (κ1) is 25.7. The normalized spacial score (nSPS) is 20.5. The van der Waals surface area contributed by atoms with E-state index in [1.807, 2.05) is 29.2 Å². The SMILES string of the molecule is O=C(NC1CCN(c2ccccc2C(=O)N2CCN(C3CCCCCC3)CC2)CC1)c1ccccc1F. The van der Waals surface area contributed by atoms with Gasteiger partial charge in [0.1, 0.15) is 5.82 Å². The highest BCUT2D eigenvalue weighted by atomic mass is 19.1. The van der Waals surface area contributed by atoms with Gasteiger partial charge in [0.2, 0.25) is 0 Å². The molecule has 0 bridgehead atoms. The summed E-state index contributed by atoms with van der Waals surface area (Å²) in [6, 6.07) is 14.7. The molecule has 37 heavy (non-hydrogen) atoms. The third-order valence-corrected chi connectivity index (χ3v) is 8.37. The van der Waals surface area contributed by atoms with Gasteiger partial charge in [-0.2, -0.15) is 0 Å². The predicted octanol–water partition coefficient (Wildman–Crippen LogP) is 4.71. The van der Waals surface area contributed by atoms with E-state index in [4.69, 9.17) is 0 Å². The lowest BCUT2D eigenvalue weighted by molar-refractivity contribution is 0.0552. The largest absolute Gasteiger partial charge is 0.371 e. The van der Waals surface area contributed by atoms with Gasteiger partial charge in [-0.25, -0.2) is 4.39 Å². The van der Waals surface area contributed by atoms with E-state index in [-0.39, 0.29) is 23.4 Å². The second-order valence-electron chi connectivity index (χ2n) is 10.7. The van der Waals surface area contributed by atoms with Gasteiger partial charge in [-0.3, -0.25) is 14.5 Å². The van der Waals surface area contributed by atoms with Crippen LogP contribution in [0.1, 0.15) is 72.1 Å². The molecule has 2 aromatic rings. The maximum atomic E-state index is 14.0. The van der Waals surface area contributed by atoms with E-state index >= 15 is 0 Å². The Morgan fingerprint density at radius 3 is 2.03 bits per heavy atom. The van der Waals surface area contributed by atoms with Crippen molar-refractivity contribution >= 4 is 17.5 Å². The van der Waals surface area contributed by atoms with Gasteiger partial charge in [0.05, 0.1) is 11.1 Å². The highest BCUT2D eigenvalue weighted by molar-refractivity contribution is 6.00. The smallest absolute Gasteiger partial charge is 0.256 e. The molecule has 0 unspecified atom stereocenters. The average molecular weight is 507 g/mol. The fourth-order valence-corrected chi connectivity index (χ4v) is 6.19. The predicted molar refractivity (Wildman–Crippen MR) is 145 cm³/mol. The summed E-state index contributed by atoms with van der Waals surface area (Å²) >= 11 is 0. The minimum Gasteiger partial charge on any atom is -0.371 e. The van der Waals surface area contributed by atoms with Crippen LogP contribution in [0.3, 0.4) is 0 Å². The number of amides is 2. The molecule has 2 amide bonds. The molecule has 0 atom stereocenters. The fourth-order valence-electron chi connectivity index (χ4n) is 6.19. The lowest BCUT2D eigenvalue weighted by Gasteiger charge is -2.40. The zero-order chi connectivity index (χ0) is 25.6. The maximum Gasteiger partial charge on any atom is 0.256 e. The van der Waals surface area contributed by atoms with Crippen LogP contribution in [0.2, 0.25) is 0 Å². The Bertz CT molecular complexity index is 1070. The van der Waals surface area contributed by atoms with Gasteiger partial charge in [0.15, 0.2) is 0 Å². The summed E-state index contributed by atoms with van der Waals surface area (Å²) < 4.78 is 14.0. The van der Waals surface area contributed by atoms with Crippen molar-refractivity contribution in [2.24, 2.45) is 0 Å². The van der Waals surface area contributed by atoms with Gasteiger partial charge < -0.3 is 15.1 Å². The number of hydrogen-bond acceptors (Lipinski definition) is 4. The van der Waals surface area contributed by atoms with Gasteiger partial charge in [-0.1, -0.05) is 49.9 Å². The van der Waals surface area contributed by atoms with E-state index in [0.717, 1.165) is 63.4 Å². The molecular weight excluding hydrogens is 467 g/mol. The van der Waals surface area contributed by atoms with Crippen LogP contribution in [0.25, 0.3) is 0 Å². The van der Waals surface area contributed by atoms with Crippen molar-refractivity contribution in [3.63, 3.8) is 0 Å². The zero-order valence-corrected chi connectivity index (χ0v) is 21.7. The van der Waals surface area contributed by atoms with Crippen molar-refractivity contribution in [1.82, 2.24) is 15.1 Å². The molecule has 7 heteroatoms. The summed E-state index contributed by atoms with van der Waals surface area (Å²) in [6.07, 6.45) is 9.50. The van der Waals surface area contributed by atoms with Crippen LogP contribution in [-0.4, -0.2) is 73.0 Å². The minimum absolute atomic E-state index is 0.0108. The van der Waals surface area contributed by atoms with E-state index in [0.29, 0.717) is 6.04 Å². The number of carbonyl (C=O) groups is 2. The molecule has 1 N–H and O–H groups in total. The third kappa shape index (κ3) is 6.15. The first-order valence-electron chi connectivity index (χ1n) is 14.0. The summed E-state index contributed by atoms with van der Waals surface area (Å²) in [5.74, 6) is -0.749. The van der Waals surface area contributed by atoms with Gasteiger partial charge in [-0.05, 0) is 49.9 Å². The topological polar surface area (TPSA) is 55.9 Å². The molecule has 0 aromatic heterocycles. The van der Waals surface area contributed by atoms with Crippen LogP contribution >= 0.6 is 0 Å². The van der Waals surface area contributed by atoms with Crippen LogP contribution in [0.4, 0.5) is 10.1 Å². The van der Waals surface area contributed by atoms with E-state index in [2.05, 4.69) is 15.1 Å². The highest BCUT2D eigenvalue weighted by Crippen LogP contribution is 2.27. The molecule has 2 heterocycles. The average Bonchev–Trinajstić information content (AvgIpc) is 3.23. The van der Waals surface area contributed by atoms with E-state index in [1.165, 1.54) is 50.7 Å². The number of halogens is 1. The monoisotopic (exact) mass is 506 g/mol. The molecule has 0 radical (unpaired) electrons. The van der Waals surface area contributed by atoms with Crippen molar-refractivity contribution in [3.8, 4) is 0 Å². The molecule has 198 valence electrons. The molecule has 3 aliphatic rings. The second-order valence-corrected chi connectivity index (χ2v) is 10.7. The minimum atomic E-state index is -0.500. The van der Waals surface area contributed by atoms with Crippen LogP contribution in [0.15, 0.2) is 48.5 Å². The summed E-state index contributed by atoms with van der Waals surface area (Å²) in [5, 5.41) is 2.99. The van der Waals surface area contributed by atoms with Crippen molar-refractivity contribution in [2.75, 3.05) is 44.2 Å². The quantitative estimate of drug-likeness (QED) is 0.597. The summed E-state index contributed by atoms with van der Waals surface area (Å²) in [4.78, 5) is 33.0. The van der Waals surface area contributed by atoms with Crippen molar-refractivity contribution < 1.29 is 14.0 Å². The Balaban J connectivity index is 1.16. The number of nitrogens with zero attached hydrogens (tertiary/aromatic N) is 3. The summed E-state index contributed by atoms with van der Waals surface area (Å²) in [7, 11) is 0. The van der Waals surface area contributed by atoms with Gasteiger partial charge in [0.25, 0.3) is 11.8 Å². The Hall–Kier alpha value is -2.93. The molecule has 6 nitrogen and oxygen atoms in total. The molecule has 1 aliphatic carbocycles. The number of hydrogen-bond donors (Lipinski definition) is 1. The van der Waals surface area contributed by atoms with Crippen molar-refractivity contribution in [3.05, 3.63) is 65.5 Å². The van der Waals surface area contributed by atoms with Crippen LogP contribution in [-0.2, 0) is 0 Å². The first-order valence-corrected chi connectivity index (χ1v) is 14.0. The van der Waals surface area contributed by atoms with Crippen LogP contribution in [0, 0.1) is 5.82 Å². The summed E-state index contributed by atoms with van der Waals surface area (Å²) in [5.41, 5.74) is 1.82. The molecule has 0 spiro atoms. The van der Waals surface area contributed by atoms with E-state index in [1.54, 1.807) is 12.1 Å². The number of carbonyl (C=O) groups excluding carboxylic acids is 2. The number of nitrogens with one attached hydrogen (secondary N) is 1. The van der Waals surface area contributed by atoms with Crippen molar-refractivity contribution in [1.29, 1.82) is 0 Å². The lowest BCUT2D eigenvalue weighted by atomic mass is 10.0. The maximum absolute atomic E-state index is 14.0. The first-order chi connectivity index (χ1) is 18.1. The Morgan fingerprint density at radius 1 is 0.730 bits per heavy atom. The lowest BCUT2D eigenvalue weighted by Crippen LogP contribution is -2.52. The fraction of sp³-hybridized carbons (Fsp3) is 0.533. The Kier molecular flexibility index (Phi) is 8.39. The molecule has 2 aliphatic heterocycles. The molecule has 2 saturated heterocycles. The van der Waals surface area contributed by atoms with E-state index < -0.39 is 5.82 Å². The molecule has 1 saturated carbocycles. The number of rotatable bonds is 5. The highest BCUT2D eigenvalue weighted by Gasteiger charge is 2.30. The van der Waals surface area contributed by atoms with Gasteiger partial charge in [0, 0.05) is 57.0 Å². The Morgan fingerprint density at radius 2 is 1.35 bits per heavy atom. The molecule has 5 rings (SSSR count). The summed E-state index contributed by atoms with van der Waals surface area (Å²) in [6.45, 7) is 4.98. The number of anilines is 1. The molecule has 3 fully saturated rings. The Labute approximate surface area is 219 Å². The third-order valence-electron chi connectivity index (χ3n) is 8.37. The van der Waals surface area contributed by atoms with E-state index in [9.17, 15) is 14.0 Å². The zero-order valence-electron chi connectivity index (χ0n) is 21.7. The van der Waals surface area contributed by atoms with Crippen molar-refractivity contribution in [2.45, 2.75) is 63.5 Å². The van der Waals surface area contributed by atoms with Crippen LogP contribution in [0.5, 0.6) is 0 Å². The number of para-hydroxylation sites is 1.